The van der Waals surface area contributed by atoms with Crippen LogP contribution < -0.4 is 0 Å². The second-order valence-corrected chi connectivity index (χ2v) is 15.2. The molecule has 0 nitrogen and oxygen atoms in total. The largest absolute Gasteiger partial charge is 0.364 e. The molecule has 0 saturated heterocycles. The molecular weight excluding hydrogens is 340 g/mol. The smallest absolute Gasteiger partial charge is 0.146 e. The molecule has 2 heteroatoms. The van der Waals surface area contributed by atoms with E-state index in [1.807, 2.05) is 0 Å². The van der Waals surface area contributed by atoms with Gasteiger partial charge in [0.05, 0.1) is 0 Å². The van der Waals surface area contributed by atoms with Gasteiger partial charge in [0.2, 0.25) is 0 Å². The molecule has 0 aromatic carbocycles. The third kappa shape index (κ3) is 27.5. The maximum absolute atomic E-state index is 2.38. The summed E-state index contributed by atoms with van der Waals surface area (Å²) in [7, 11) is 0. The van der Waals surface area contributed by atoms with Crippen LogP contribution in [0, 0.1) is 17.8 Å². The SMILES string of the molecule is CC(C)[CH2][Al]([CH2]C(C)C)[CH2]C(C)C.CCCCCCC[CH2][Mg][CH2]CCC. The van der Waals surface area contributed by atoms with Crippen molar-refractivity contribution in [2.75, 3.05) is 0 Å². The highest BCUT2D eigenvalue weighted by Gasteiger charge is 2.20. The fourth-order valence-corrected chi connectivity index (χ4v) is 10.5. The van der Waals surface area contributed by atoms with Crippen LogP contribution in [-0.4, -0.2) is 34.5 Å². The van der Waals surface area contributed by atoms with Crippen LogP contribution in [0.25, 0.3) is 0 Å². The molecule has 0 rings (SSSR count). The molecule has 0 heterocycles. The van der Waals surface area contributed by atoms with Crippen molar-refractivity contribution in [3.8, 4) is 0 Å². The van der Waals surface area contributed by atoms with Crippen LogP contribution in [-0.2, 0) is 0 Å². The molecule has 0 aliphatic carbocycles. The van der Waals surface area contributed by atoms with Gasteiger partial charge in [0.1, 0.15) is 0 Å². The minimum atomic E-state index is -0.407. The summed E-state index contributed by atoms with van der Waals surface area (Å²) >= 11 is -0.0466. The van der Waals surface area contributed by atoms with Crippen LogP contribution in [0.3, 0.4) is 0 Å². The van der Waals surface area contributed by atoms with E-state index in [-0.39, 0.29) is 0 Å². The Morgan fingerprint density at radius 1 is 0.538 bits per heavy atom. The van der Waals surface area contributed by atoms with Gasteiger partial charge in [-0.2, -0.15) is 0 Å². The van der Waals surface area contributed by atoms with Gasteiger partial charge in [-0.3, -0.25) is 0 Å². The van der Waals surface area contributed by atoms with E-state index in [1.165, 1.54) is 44.9 Å². The fraction of sp³-hybridized carbons (Fsp3) is 1.00. The lowest BCUT2D eigenvalue weighted by Gasteiger charge is -2.17. The highest BCUT2D eigenvalue weighted by molar-refractivity contribution is 6.58. The predicted molar refractivity (Wildman–Crippen MR) is 128 cm³/mol. The van der Waals surface area contributed by atoms with Gasteiger partial charge < -0.3 is 0 Å². The standard InChI is InChI=1S/C8H17.4C4H9.Al.Mg/c1-3-5-7-8-6-4-2;3*1-4(2)3;1-3-4-2;;/h1,3-8H2,2H3;3*4H,1H2,2-3H3;1,3-4H2,2H3;;. The topological polar surface area (TPSA) is 0 Å². The summed E-state index contributed by atoms with van der Waals surface area (Å²) in [5.41, 5.74) is 0. The van der Waals surface area contributed by atoms with Gasteiger partial charge in [-0.05, 0) is 0 Å². The molecule has 0 N–H and O–H groups in total. The molecule has 0 aromatic heterocycles. The summed E-state index contributed by atoms with van der Waals surface area (Å²) < 4.78 is 3.22. The molecule has 26 heavy (non-hydrogen) atoms. The maximum Gasteiger partial charge on any atom is 0.364 e. The van der Waals surface area contributed by atoms with Crippen molar-refractivity contribution in [2.45, 2.75) is 132 Å². The molecule has 0 saturated carbocycles. The Balaban J connectivity index is 0. The van der Waals surface area contributed by atoms with Gasteiger partial charge in [0.25, 0.3) is 14.1 Å². The lowest BCUT2D eigenvalue weighted by molar-refractivity contribution is 0.623. The predicted octanol–water partition coefficient (Wildman–Crippen LogP) is 9.14. The average molecular weight is 393 g/mol. The summed E-state index contributed by atoms with van der Waals surface area (Å²) in [6.45, 7) is 18.8. The molecule has 0 radical (unpaired) electrons. The van der Waals surface area contributed by atoms with Crippen molar-refractivity contribution in [1.29, 1.82) is 0 Å². The highest BCUT2D eigenvalue weighted by Crippen LogP contribution is 2.21. The molecule has 0 spiro atoms. The molecule has 0 unspecified atom stereocenters. The van der Waals surface area contributed by atoms with Crippen LogP contribution >= 0.6 is 0 Å². The molecule has 0 fully saturated rings. The number of rotatable bonds is 16. The number of unbranched alkanes of at least 4 members (excludes halogenated alkanes) is 6. The average Bonchev–Trinajstić information content (AvgIpc) is 2.52. The minimum absolute atomic E-state index is 0.361. The zero-order chi connectivity index (χ0) is 20.2. The van der Waals surface area contributed by atoms with Crippen LogP contribution in [0.15, 0.2) is 0 Å². The van der Waals surface area contributed by atoms with Crippen LogP contribution in [0.4, 0.5) is 0 Å². The Hall–Kier alpha value is 1.30. The summed E-state index contributed by atoms with van der Waals surface area (Å²) in [4.78, 5) is 0. The van der Waals surface area contributed by atoms with Gasteiger partial charge in [0, 0.05) is 0 Å². The van der Waals surface area contributed by atoms with E-state index in [4.69, 9.17) is 0 Å². The van der Waals surface area contributed by atoms with Gasteiger partial charge in [0.15, 0.2) is 0 Å². The molecule has 0 aliphatic heterocycles. The summed E-state index contributed by atoms with van der Waals surface area (Å²) in [6.07, 6.45) is 11.8. The van der Waals surface area contributed by atoms with Crippen molar-refractivity contribution >= 4 is 34.5 Å². The Bertz CT molecular complexity index is 217. The molecule has 0 atom stereocenters. The summed E-state index contributed by atoms with van der Waals surface area (Å²) in [5, 5.41) is 4.66. The Kier molecular flexibility index (Phi) is 25.6. The second kappa shape index (κ2) is 22.6. The van der Waals surface area contributed by atoms with Crippen molar-refractivity contribution in [3.63, 3.8) is 0 Å². The van der Waals surface area contributed by atoms with E-state index in [9.17, 15) is 0 Å². The lowest BCUT2D eigenvalue weighted by atomic mass is 10.1. The summed E-state index contributed by atoms with van der Waals surface area (Å²) in [5.74, 6) is 2.78. The first-order chi connectivity index (χ1) is 12.3. The lowest BCUT2D eigenvalue weighted by Crippen LogP contribution is -2.19. The van der Waals surface area contributed by atoms with Crippen LogP contribution in [0.5, 0.6) is 0 Å². The fourth-order valence-electron chi connectivity index (χ4n) is 4.03. The van der Waals surface area contributed by atoms with E-state index in [2.05, 4.69) is 55.4 Å². The first-order valence-electron chi connectivity index (χ1n) is 12.3. The van der Waals surface area contributed by atoms with Gasteiger partial charge in [-0.15, -0.1) is 9.10 Å². The summed E-state index contributed by atoms with van der Waals surface area (Å²) in [6, 6.07) is 0. The normalized spacial score (nSPS) is 10.9. The minimum Gasteiger partial charge on any atom is -0.146 e. The maximum atomic E-state index is 2.38. The Morgan fingerprint density at radius 2 is 0.923 bits per heavy atom. The van der Waals surface area contributed by atoms with Gasteiger partial charge in [-0.1, -0.05) is 140 Å². The first kappa shape index (κ1) is 29.5. The van der Waals surface area contributed by atoms with E-state index in [1.54, 1.807) is 31.4 Å². The van der Waals surface area contributed by atoms with Crippen LogP contribution in [0.1, 0.15) is 107 Å². The van der Waals surface area contributed by atoms with Crippen LogP contribution in [0.2, 0.25) is 24.9 Å². The third-order valence-electron chi connectivity index (χ3n) is 5.12. The van der Waals surface area contributed by atoms with Crippen molar-refractivity contribution in [3.05, 3.63) is 0 Å². The zero-order valence-corrected chi connectivity index (χ0v) is 22.8. The quantitative estimate of drug-likeness (QED) is 0.181. The van der Waals surface area contributed by atoms with E-state index < -0.39 is 14.1 Å². The van der Waals surface area contributed by atoms with Crippen molar-refractivity contribution in [1.82, 2.24) is 0 Å². The molecular formula is C24H53AlMg. The molecule has 0 aromatic rings. The third-order valence-corrected chi connectivity index (χ3v) is 11.9. The van der Waals surface area contributed by atoms with Gasteiger partial charge in [-0.25, -0.2) is 0 Å². The molecule has 0 amide bonds. The number of hydrogen-bond donors (Lipinski definition) is 0. The van der Waals surface area contributed by atoms with E-state index in [0.717, 1.165) is 17.8 Å². The monoisotopic (exact) mass is 392 g/mol. The Morgan fingerprint density at radius 3 is 1.35 bits per heavy atom. The molecule has 0 aliphatic rings. The molecule has 0 bridgehead atoms. The van der Waals surface area contributed by atoms with Gasteiger partial charge >= 0.3 is 20.4 Å². The Labute approximate surface area is 183 Å². The van der Waals surface area contributed by atoms with E-state index >= 15 is 0 Å². The number of hydrogen-bond acceptors (Lipinski definition) is 0. The second-order valence-electron chi connectivity index (χ2n) is 9.94. The van der Waals surface area contributed by atoms with E-state index in [0.29, 0.717) is 20.4 Å². The van der Waals surface area contributed by atoms with Crippen molar-refractivity contribution < 1.29 is 0 Å². The zero-order valence-electron chi connectivity index (χ0n) is 20.2. The molecule has 154 valence electrons. The highest BCUT2D eigenvalue weighted by atomic mass is 27.2. The van der Waals surface area contributed by atoms with Crippen molar-refractivity contribution in [2.24, 2.45) is 17.8 Å². The first-order valence-corrected chi connectivity index (χ1v) is 16.8.